The van der Waals surface area contributed by atoms with Gasteiger partial charge in [-0.1, -0.05) is 11.6 Å². The van der Waals surface area contributed by atoms with Crippen LogP contribution in [0.15, 0.2) is 35.9 Å². The molecular formula is C17H24N2O3. The quantitative estimate of drug-likeness (QED) is 0.569. The van der Waals surface area contributed by atoms with Crippen LogP contribution in [0.1, 0.15) is 19.3 Å². The highest BCUT2D eigenvalue weighted by Gasteiger charge is 2.05. The van der Waals surface area contributed by atoms with E-state index in [1.807, 2.05) is 24.3 Å². The van der Waals surface area contributed by atoms with Crippen LogP contribution in [0.2, 0.25) is 0 Å². The van der Waals surface area contributed by atoms with E-state index in [4.69, 9.17) is 9.47 Å². The van der Waals surface area contributed by atoms with Crippen LogP contribution >= 0.6 is 0 Å². The van der Waals surface area contributed by atoms with Gasteiger partial charge in [-0.05, 0) is 43.7 Å². The summed E-state index contributed by atoms with van der Waals surface area (Å²) in [5.74, 6) is 1.68. The monoisotopic (exact) mass is 304 g/mol. The molecule has 5 heteroatoms. The lowest BCUT2D eigenvalue weighted by atomic mass is 10.1. The van der Waals surface area contributed by atoms with E-state index in [1.54, 1.807) is 7.11 Å². The van der Waals surface area contributed by atoms with E-state index in [0.717, 1.165) is 31.0 Å². The highest BCUT2D eigenvalue weighted by atomic mass is 16.5. The molecule has 1 amide bonds. The van der Waals surface area contributed by atoms with Gasteiger partial charge in [-0.25, -0.2) is 0 Å². The van der Waals surface area contributed by atoms with E-state index in [0.29, 0.717) is 26.0 Å². The van der Waals surface area contributed by atoms with Gasteiger partial charge in [0.05, 0.1) is 13.7 Å². The van der Waals surface area contributed by atoms with Gasteiger partial charge in [-0.3, -0.25) is 4.79 Å². The number of rotatable bonds is 8. The number of ether oxygens (including phenoxy) is 2. The van der Waals surface area contributed by atoms with Gasteiger partial charge in [-0.2, -0.15) is 0 Å². The molecule has 120 valence electrons. The van der Waals surface area contributed by atoms with Gasteiger partial charge in [0, 0.05) is 19.5 Å². The molecule has 0 radical (unpaired) electrons. The smallest absolute Gasteiger partial charge is 0.220 e. The minimum absolute atomic E-state index is 0.0813. The molecule has 0 spiro atoms. The number of hydrogen-bond donors (Lipinski definition) is 2. The van der Waals surface area contributed by atoms with Gasteiger partial charge < -0.3 is 20.1 Å². The van der Waals surface area contributed by atoms with Gasteiger partial charge in [0.1, 0.15) is 11.5 Å². The summed E-state index contributed by atoms with van der Waals surface area (Å²) in [5, 5.41) is 6.21. The Morgan fingerprint density at radius 1 is 1.27 bits per heavy atom. The first-order chi connectivity index (χ1) is 10.8. The molecule has 0 aromatic heterocycles. The SMILES string of the molecule is COc1ccc(OCCCC(=O)NCC2=CCNCC2)cc1. The second-order valence-electron chi connectivity index (χ2n) is 5.22. The number of carbonyl (C=O) groups excluding carboxylic acids is 1. The number of amides is 1. The molecule has 0 unspecified atom stereocenters. The summed E-state index contributed by atoms with van der Waals surface area (Å²) in [6, 6.07) is 7.44. The fourth-order valence-electron chi connectivity index (χ4n) is 2.23. The third-order valence-corrected chi connectivity index (χ3v) is 3.55. The highest BCUT2D eigenvalue weighted by Crippen LogP contribution is 2.17. The van der Waals surface area contributed by atoms with Gasteiger partial charge in [-0.15, -0.1) is 0 Å². The van der Waals surface area contributed by atoms with Crippen LogP contribution < -0.4 is 20.1 Å². The lowest BCUT2D eigenvalue weighted by molar-refractivity contribution is -0.121. The molecule has 0 aliphatic carbocycles. The predicted octanol–water partition coefficient (Wildman–Crippen LogP) is 1.89. The Morgan fingerprint density at radius 3 is 2.73 bits per heavy atom. The molecule has 1 aliphatic heterocycles. The molecule has 0 atom stereocenters. The maximum atomic E-state index is 11.8. The maximum Gasteiger partial charge on any atom is 0.220 e. The molecule has 0 saturated heterocycles. The Labute approximate surface area is 131 Å². The zero-order valence-corrected chi connectivity index (χ0v) is 13.1. The van der Waals surface area contributed by atoms with E-state index in [9.17, 15) is 4.79 Å². The van der Waals surface area contributed by atoms with Crippen LogP contribution in [0, 0.1) is 0 Å². The Hall–Kier alpha value is -2.01. The molecule has 22 heavy (non-hydrogen) atoms. The summed E-state index contributed by atoms with van der Waals surface area (Å²) >= 11 is 0. The summed E-state index contributed by atoms with van der Waals surface area (Å²) in [5.41, 5.74) is 1.31. The first-order valence-electron chi connectivity index (χ1n) is 7.70. The second-order valence-corrected chi connectivity index (χ2v) is 5.22. The normalized spacial score (nSPS) is 14.1. The van der Waals surface area contributed by atoms with Crippen LogP contribution in [0.25, 0.3) is 0 Å². The standard InChI is InChI=1S/C17H24N2O3/c1-21-15-4-6-16(7-5-15)22-12-2-3-17(20)19-13-14-8-10-18-11-9-14/h4-8,18H,2-3,9-13H2,1H3,(H,19,20). The number of nitrogens with one attached hydrogen (secondary N) is 2. The lowest BCUT2D eigenvalue weighted by Crippen LogP contribution is -2.29. The zero-order valence-electron chi connectivity index (χ0n) is 13.1. The van der Waals surface area contributed by atoms with Crippen molar-refractivity contribution >= 4 is 5.91 Å². The molecule has 1 aliphatic rings. The molecular weight excluding hydrogens is 280 g/mol. The van der Waals surface area contributed by atoms with E-state index in [2.05, 4.69) is 16.7 Å². The number of carbonyl (C=O) groups is 1. The number of hydrogen-bond acceptors (Lipinski definition) is 4. The van der Waals surface area contributed by atoms with E-state index in [1.165, 1.54) is 5.57 Å². The topological polar surface area (TPSA) is 59.6 Å². The molecule has 0 saturated carbocycles. The minimum Gasteiger partial charge on any atom is -0.497 e. The summed E-state index contributed by atoms with van der Waals surface area (Å²) < 4.78 is 10.7. The van der Waals surface area contributed by atoms with E-state index < -0.39 is 0 Å². The second kappa shape index (κ2) is 9.10. The van der Waals surface area contributed by atoms with Crippen LogP contribution in [0.3, 0.4) is 0 Å². The van der Waals surface area contributed by atoms with Gasteiger partial charge >= 0.3 is 0 Å². The maximum absolute atomic E-state index is 11.8. The van der Waals surface area contributed by atoms with Gasteiger partial charge in [0.15, 0.2) is 0 Å². The fourth-order valence-corrected chi connectivity index (χ4v) is 2.23. The van der Waals surface area contributed by atoms with Gasteiger partial charge in [0.25, 0.3) is 0 Å². The summed E-state index contributed by atoms with van der Waals surface area (Å²) in [6.45, 7) is 3.10. The third-order valence-electron chi connectivity index (χ3n) is 3.55. The molecule has 0 bridgehead atoms. The van der Waals surface area contributed by atoms with Crippen molar-refractivity contribution in [3.8, 4) is 11.5 Å². The van der Waals surface area contributed by atoms with Crippen molar-refractivity contribution in [1.29, 1.82) is 0 Å². The first-order valence-corrected chi connectivity index (χ1v) is 7.70. The van der Waals surface area contributed by atoms with Crippen molar-refractivity contribution in [2.24, 2.45) is 0 Å². The van der Waals surface area contributed by atoms with Crippen molar-refractivity contribution in [3.05, 3.63) is 35.9 Å². The van der Waals surface area contributed by atoms with Crippen molar-refractivity contribution in [2.75, 3.05) is 33.4 Å². The Balaban J connectivity index is 1.57. The van der Waals surface area contributed by atoms with E-state index >= 15 is 0 Å². The van der Waals surface area contributed by atoms with Crippen LogP contribution in [-0.4, -0.2) is 39.3 Å². The molecule has 2 N–H and O–H groups in total. The molecule has 0 fully saturated rings. The third kappa shape index (κ3) is 5.77. The van der Waals surface area contributed by atoms with Crippen molar-refractivity contribution in [1.82, 2.24) is 10.6 Å². The van der Waals surface area contributed by atoms with E-state index in [-0.39, 0.29) is 5.91 Å². The molecule has 1 aromatic rings. The Bertz CT molecular complexity index is 497. The number of benzene rings is 1. The average molecular weight is 304 g/mol. The first kappa shape index (κ1) is 16.4. The van der Waals surface area contributed by atoms with Crippen LogP contribution in [0.4, 0.5) is 0 Å². The summed E-state index contributed by atoms with van der Waals surface area (Å²) in [7, 11) is 1.63. The van der Waals surface area contributed by atoms with Crippen molar-refractivity contribution in [3.63, 3.8) is 0 Å². The predicted molar refractivity (Wildman–Crippen MR) is 86.3 cm³/mol. The molecule has 5 nitrogen and oxygen atoms in total. The van der Waals surface area contributed by atoms with Crippen LogP contribution in [0.5, 0.6) is 11.5 Å². The largest absolute Gasteiger partial charge is 0.497 e. The van der Waals surface area contributed by atoms with Gasteiger partial charge in [0.2, 0.25) is 5.91 Å². The zero-order chi connectivity index (χ0) is 15.6. The highest BCUT2D eigenvalue weighted by molar-refractivity contribution is 5.76. The molecule has 2 rings (SSSR count). The number of methoxy groups -OCH3 is 1. The van der Waals surface area contributed by atoms with Crippen molar-refractivity contribution < 1.29 is 14.3 Å². The lowest BCUT2D eigenvalue weighted by Gasteiger charge is -2.14. The van der Waals surface area contributed by atoms with Crippen molar-refractivity contribution in [2.45, 2.75) is 19.3 Å². The molecule has 1 aromatic carbocycles. The summed E-state index contributed by atoms with van der Waals surface area (Å²) in [6.07, 6.45) is 4.36. The average Bonchev–Trinajstić information content (AvgIpc) is 2.58. The van der Waals surface area contributed by atoms with Crippen LogP contribution in [-0.2, 0) is 4.79 Å². The minimum atomic E-state index is 0.0813. The Kier molecular flexibility index (Phi) is 6.77. The fraction of sp³-hybridized carbons (Fsp3) is 0.471. The summed E-state index contributed by atoms with van der Waals surface area (Å²) in [4.78, 5) is 11.8. The Morgan fingerprint density at radius 2 is 2.05 bits per heavy atom. The molecule has 1 heterocycles.